The zero-order chi connectivity index (χ0) is 14.7. The summed E-state index contributed by atoms with van der Waals surface area (Å²) >= 11 is 1.57. The van der Waals surface area contributed by atoms with Crippen LogP contribution in [0.5, 0.6) is 0 Å². The lowest BCUT2D eigenvalue weighted by molar-refractivity contribution is 0.588. The molecule has 3 aromatic rings. The van der Waals surface area contributed by atoms with E-state index in [0.29, 0.717) is 5.56 Å². The summed E-state index contributed by atoms with van der Waals surface area (Å²) in [5.41, 5.74) is 2.34. The van der Waals surface area contributed by atoms with Gasteiger partial charge in [0.15, 0.2) is 0 Å². The molecule has 0 aliphatic carbocycles. The second-order valence-corrected chi connectivity index (χ2v) is 5.35. The van der Waals surface area contributed by atoms with Crippen molar-refractivity contribution in [3.8, 4) is 21.6 Å². The molecule has 0 unspecified atom stereocenters. The Bertz CT molecular complexity index is 755. The molecule has 106 valence electrons. The highest BCUT2D eigenvalue weighted by molar-refractivity contribution is 7.14. The molecule has 0 fully saturated rings. The van der Waals surface area contributed by atoms with Gasteiger partial charge in [0.25, 0.3) is 0 Å². The molecule has 5 heteroatoms. The molecule has 0 radical (unpaired) electrons. The van der Waals surface area contributed by atoms with Crippen molar-refractivity contribution < 1.29 is 4.39 Å². The summed E-state index contributed by atoms with van der Waals surface area (Å²) in [4.78, 5) is 9.09. The molecule has 0 aliphatic rings. The van der Waals surface area contributed by atoms with E-state index >= 15 is 0 Å². The third-order valence-electron chi connectivity index (χ3n) is 3.11. The van der Waals surface area contributed by atoms with Gasteiger partial charge in [0, 0.05) is 40.5 Å². The lowest BCUT2D eigenvalue weighted by Gasteiger charge is -2.10. The first-order valence-corrected chi connectivity index (χ1v) is 7.57. The van der Waals surface area contributed by atoms with Crippen LogP contribution in [0.15, 0.2) is 48.1 Å². The summed E-state index contributed by atoms with van der Waals surface area (Å²) < 4.78 is 14.0. The monoisotopic (exact) mass is 299 g/mol. The van der Waals surface area contributed by atoms with Gasteiger partial charge in [-0.2, -0.15) is 4.39 Å². The van der Waals surface area contributed by atoms with E-state index in [1.807, 2.05) is 30.5 Å². The van der Waals surface area contributed by atoms with Crippen LogP contribution >= 0.6 is 11.3 Å². The van der Waals surface area contributed by atoms with Crippen LogP contribution in [0.25, 0.3) is 21.6 Å². The van der Waals surface area contributed by atoms with Gasteiger partial charge >= 0.3 is 0 Å². The summed E-state index contributed by atoms with van der Waals surface area (Å²) in [6.45, 7) is 2.81. The number of anilines is 1. The number of aromatic nitrogens is 2. The molecule has 0 spiro atoms. The number of rotatable bonds is 4. The van der Waals surface area contributed by atoms with Gasteiger partial charge in [-0.3, -0.25) is 0 Å². The second kappa shape index (κ2) is 6.01. The fraction of sp³-hybridized carbons (Fsp3) is 0.125. The zero-order valence-corrected chi connectivity index (χ0v) is 12.3. The molecular formula is C16H14FN3S. The van der Waals surface area contributed by atoms with Gasteiger partial charge in [-0.05, 0) is 42.6 Å². The molecule has 0 saturated heterocycles. The molecule has 0 amide bonds. The van der Waals surface area contributed by atoms with Crippen molar-refractivity contribution in [1.82, 2.24) is 9.97 Å². The van der Waals surface area contributed by atoms with Gasteiger partial charge in [-0.25, -0.2) is 9.97 Å². The third kappa shape index (κ3) is 2.64. The number of nitrogens with one attached hydrogen (secondary N) is 1. The van der Waals surface area contributed by atoms with E-state index in [4.69, 9.17) is 0 Å². The first-order chi connectivity index (χ1) is 10.3. The number of hydrogen-bond donors (Lipinski definition) is 1. The maximum Gasteiger partial charge on any atom is 0.220 e. The highest BCUT2D eigenvalue weighted by Gasteiger charge is 2.15. The number of nitrogens with zero attached hydrogens (tertiary/aromatic N) is 2. The molecule has 0 saturated carbocycles. The van der Waals surface area contributed by atoms with Crippen molar-refractivity contribution >= 4 is 17.2 Å². The van der Waals surface area contributed by atoms with E-state index in [1.54, 1.807) is 29.7 Å². The van der Waals surface area contributed by atoms with E-state index < -0.39 is 5.95 Å². The quantitative estimate of drug-likeness (QED) is 0.724. The first kappa shape index (κ1) is 13.7. The van der Waals surface area contributed by atoms with Gasteiger partial charge in [-0.15, -0.1) is 11.3 Å². The van der Waals surface area contributed by atoms with E-state index in [2.05, 4.69) is 15.3 Å². The summed E-state index contributed by atoms with van der Waals surface area (Å²) in [5.74, 6) is 0.360. The standard InChI is InChI=1S/C16H14FN3S/c1-2-18-16-13(6-4-9-20-16)14-11(7-10-21-14)12-5-3-8-19-15(12)17/h3-10H,2H2,1H3,(H,18,20). The lowest BCUT2D eigenvalue weighted by atomic mass is 10.0. The van der Waals surface area contributed by atoms with Gasteiger partial charge in [0.05, 0.1) is 0 Å². The van der Waals surface area contributed by atoms with Crippen LogP contribution < -0.4 is 5.32 Å². The van der Waals surface area contributed by atoms with Crippen LogP contribution in [-0.4, -0.2) is 16.5 Å². The summed E-state index contributed by atoms with van der Waals surface area (Å²) in [7, 11) is 0. The fourth-order valence-corrected chi connectivity index (χ4v) is 3.15. The van der Waals surface area contributed by atoms with Crippen LogP contribution in [0.4, 0.5) is 10.2 Å². The fourth-order valence-electron chi connectivity index (χ4n) is 2.21. The van der Waals surface area contributed by atoms with Crippen molar-refractivity contribution in [3.05, 3.63) is 54.1 Å². The van der Waals surface area contributed by atoms with Crippen LogP contribution in [0, 0.1) is 5.95 Å². The molecule has 1 N–H and O–H groups in total. The predicted octanol–water partition coefficient (Wildman–Crippen LogP) is 4.44. The number of thiophene rings is 1. The lowest BCUT2D eigenvalue weighted by Crippen LogP contribution is -2.00. The topological polar surface area (TPSA) is 37.8 Å². The molecule has 3 nitrogen and oxygen atoms in total. The molecule has 21 heavy (non-hydrogen) atoms. The van der Waals surface area contributed by atoms with Crippen molar-refractivity contribution in [2.45, 2.75) is 6.92 Å². The second-order valence-electron chi connectivity index (χ2n) is 4.44. The Morgan fingerprint density at radius 2 is 1.81 bits per heavy atom. The minimum Gasteiger partial charge on any atom is -0.370 e. The first-order valence-electron chi connectivity index (χ1n) is 6.69. The molecule has 3 rings (SSSR count). The molecule has 3 aromatic heterocycles. The highest BCUT2D eigenvalue weighted by atomic mass is 32.1. The van der Waals surface area contributed by atoms with E-state index in [0.717, 1.165) is 28.4 Å². The summed E-state index contributed by atoms with van der Waals surface area (Å²) in [5, 5.41) is 5.20. The van der Waals surface area contributed by atoms with E-state index in [1.165, 1.54) is 6.20 Å². The Kier molecular flexibility index (Phi) is 3.92. The average Bonchev–Trinajstić information content (AvgIpc) is 2.98. The Morgan fingerprint density at radius 1 is 1.05 bits per heavy atom. The Hall–Kier alpha value is -2.27. The third-order valence-corrected chi connectivity index (χ3v) is 4.06. The minimum absolute atomic E-state index is 0.453. The summed E-state index contributed by atoms with van der Waals surface area (Å²) in [6.07, 6.45) is 3.21. The van der Waals surface area contributed by atoms with Crippen LogP contribution in [-0.2, 0) is 0 Å². The number of halogens is 1. The highest BCUT2D eigenvalue weighted by Crippen LogP contribution is 2.39. The normalized spacial score (nSPS) is 10.6. The zero-order valence-electron chi connectivity index (χ0n) is 11.5. The van der Waals surface area contributed by atoms with E-state index in [-0.39, 0.29) is 0 Å². The molecule has 3 heterocycles. The van der Waals surface area contributed by atoms with Gasteiger partial charge < -0.3 is 5.32 Å². The molecule has 0 bridgehead atoms. The van der Waals surface area contributed by atoms with Crippen LogP contribution in [0.1, 0.15) is 6.92 Å². The molecule has 0 aromatic carbocycles. The van der Waals surface area contributed by atoms with Gasteiger partial charge in [-0.1, -0.05) is 0 Å². The summed E-state index contributed by atoms with van der Waals surface area (Å²) in [6, 6.07) is 9.29. The Morgan fingerprint density at radius 3 is 2.57 bits per heavy atom. The van der Waals surface area contributed by atoms with Crippen LogP contribution in [0.3, 0.4) is 0 Å². The van der Waals surface area contributed by atoms with Crippen molar-refractivity contribution in [1.29, 1.82) is 0 Å². The van der Waals surface area contributed by atoms with Crippen molar-refractivity contribution in [2.24, 2.45) is 0 Å². The molecule has 0 atom stereocenters. The smallest absolute Gasteiger partial charge is 0.220 e. The van der Waals surface area contributed by atoms with E-state index in [9.17, 15) is 4.39 Å². The number of pyridine rings is 2. The molecule has 0 aliphatic heterocycles. The predicted molar refractivity (Wildman–Crippen MR) is 84.9 cm³/mol. The van der Waals surface area contributed by atoms with Gasteiger partial charge in [0.2, 0.25) is 5.95 Å². The SMILES string of the molecule is CCNc1ncccc1-c1sccc1-c1cccnc1F. The van der Waals surface area contributed by atoms with Crippen molar-refractivity contribution in [3.63, 3.8) is 0 Å². The maximum absolute atomic E-state index is 14.0. The molecular weight excluding hydrogens is 285 g/mol. The Labute approximate surface area is 126 Å². The maximum atomic E-state index is 14.0. The number of hydrogen-bond acceptors (Lipinski definition) is 4. The average molecular weight is 299 g/mol. The van der Waals surface area contributed by atoms with Crippen molar-refractivity contribution in [2.75, 3.05) is 11.9 Å². The van der Waals surface area contributed by atoms with Crippen LogP contribution in [0.2, 0.25) is 0 Å². The minimum atomic E-state index is -0.453. The largest absolute Gasteiger partial charge is 0.370 e. The van der Waals surface area contributed by atoms with Gasteiger partial charge in [0.1, 0.15) is 5.82 Å². The Balaban J connectivity index is 2.14.